The van der Waals surface area contributed by atoms with Gasteiger partial charge in [-0.05, 0) is 18.4 Å². The molecule has 1 aromatic heterocycles. The minimum Gasteiger partial charge on any atom is -0.295 e. The van der Waals surface area contributed by atoms with Gasteiger partial charge in [-0.15, -0.1) is 0 Å². The van der Waals surface area contributed by atoms with Gasteiger partial charge in [0.2, 0.25) is 0 Å². The zero-order valence-corrected chi connectivity index (χ0v) is 10.5. The fourth-order valence-corrected chi connectivity index (χ4v) is 1.82. The standard InChI is InChI=1S/C14H18N2O/c1-10(2)9-16-14(17)8-13(15-16)12-6-4-11(3)5-7-12/h4-8,10,15H,9H2,1-3H3. The number of aromatic nitrogens is 2. The third-order valence-electron chi connectivity index (χ3n) is 2.70. The van der Waals surface area contributed by atoms with E-state index in [4.69, 9.17) is 0 Å². The first-order valence-electron chi connectivity index (χ1n) is 5.93. The summed E-state index contributed by atoms with van der Waals surface area (Å²) in [5, 5.41) is 3.15. The Hall–Kier alpha value is -1.77. The predicted octanol–water partition coefficient (Wildman–Crippen LogP) is 2.81. The van der Waals surface area contributed by atoms with Crippen molar-refractivity contribution in [1.29, 1.82) is 0 Å². The molecular formula is C14H18N2O. The summed E-state index contributed by atoms with van der Waals surface area (Å²) in [6.45, 7) is 6.97. The highest BCUT2D eigenvalue weighted by molar-refractivity contribution is 5.58. The van der Waals surface area contributed by atoms with Gasteiger partial charge in [-0.25, -0.2) is 0 Å². The average molecular weight is 230 g/mol. The van der Waals surface area contributed by atoms with Crippen LogP contribution in [0, 0.1) is 12.8 Å². The van der Waals surface area contributed by atoms with Gasteiger partial charge in [0.1, 0.15) is 0 Å². The lowest BCUT2D eigenvalue weighted by atomic mass is 10.1. The predicted molar refractivity (Wildman–Crippen MR) is 70.1 cm³/mol. The fourth-order valence-electron chi connectivity index (χ4n) is 1.82. The highest BCUT2D eigenvalue weighted by atomic mass is 16.1. The van der Waals surface area contributed by atoms with Crippen molar-refractivity contribution in [3.8, 4) is 11.3 Å². The molecule has 3 heteroatoms. The molecule has 0 unspecified atom stereocenters. The molecule has 0 radical (unpaired) electrons. The summed E-state index contributed by atoms with van der Waals surface area (Å²) < 4.78 is 1.67. The lowest BCUT2D eigenvalue weighted by Gasteiger charge is -2.05. The Morgan fingerprint density at radius 1 is 1.24 bits per heavy atom. The summed E-state index contributed by atoms with van der Waals surface area (Å²) in [6, 6.07) is 9.81. The molecule has 1 N–H and O–H groups in total. The number of aryl methyl sites for hydroxylation is 1. The van der Waals surface area contributed by atoms with Gasteiger partial charge in [0.05, 0.1) is 5.69 Å². The molecule has 2 rings (SSSR count). The third kappa shape index (κ3) is 2.67. The Kier molecular flexibility index (Phi) is 3.18. The number of hydrogen-bond donors (Lipinski definition) is 1. The van der Waals surface area contributed by atoms with Gasteiger partial charge in [0, 0.05) is 12.6 Å². The van der Waals surface area contributed by atoms with Crippen molar-refractivity contribution in [2.24, 2.45) is 5.92 Å². The number of nitrogens with one attached hydrogen (secondary N) is 1. The van der Waals surface area contributed by atoms with Gasteiger partial charge >= 0.3 is 0 Å². The molecule has 1 heterocycles. The van der Waals surface area contributed by atoms with Crippen LogP contribution in [0.15, 0.2) is 35.1 Å². The van der Waals surface area contributed by atoms with E-state index in [0.29, 0.717) is 5.92 Å². The van der Waals surface area contributed by atoms with E-state index in [1.165, 1.54) is 5.56 Å². The summed E-state index contributed by atoms with van der Waals surface area (Å²) in [6.07, 6.45) is 0. The van der Waals surface area contributed by atoms with Crippen LogP contribution in [0.4, 0.5) is 0 Å². The van der Waals surface area contributed by atoms with Gasteiger partial charge in [0.15, 0.2) is 0 Å². The first kappa shape index (κ1) is 11.7. The molecule has 0 bridgehead atoms. The van der Waals surface area contributed by atoms with Gasteiger partial charge in [-0.1, -0.05) is 43.7 Å². The molecule has 2 aromatic rings. The molecule has 0 aliphatic carbocycles. The van der Waals surface area contributed by atoms with E-state index >= 15 is 0 Å². The van der Waals surface area contributed by atoms with Gasteiger partial charge in [0.25, 0.3) is 5.56 Å². The minimum absolute atomic E-state index is 0.0364. The fraction of sp³-hybridized carbons (Fsp3) is 0.357. The number of aromatic amines is 1. The zero-order valence-electron chi connectivity index (χ0n) is 10.5. The smallest absolute Gasteiger partial charge is 0.267 e. The molecule has 90 valence electrons. The number of H-pyrrole nitrogens is 1. The molecule has 0 aliphatic rings. The lowest BCUT2D eigenvalue weighted by Crippen LogP contribution is -2.18. The van der Waals surface area contributed by atoms with Gasteiger partial charge < -0.3 is 0 Å². The summed E-state index contributed by atoms with van der Waals surface area (Å²) in [5.41, 5.74) is 3.19. The van der Waals surface area contributed by atoms with Crippen molar-refractivity contribution in [2.45, 2.75) is 27.3 Å². The van der Waals surface area contributed by atoms with Crippen molar-refractivity contribution in [2.75, 3.05) is 0 Å². The van der Waals surface area contributed by atoms with Crippen molar-refractivity contribution in [3.63, 3.8) is 0 Å². The van der Waals surface area contributed by atoms with E-state index in [1.54, 1.807) is 10.7 Å². The maximum atomic E-state index is 11.7. The Labute approximate surface area is 101 Å². The molecule has 0 atom stereocenters. The third-order valence-corrected chi connectivity index (χ3v) is 2.70. The van der Waals surface area contributed by atoms with E-state index in [0.717, 1.165) is 17.8 Å². The first-order chi connectivity index (χ1) is 8.06. The van der Waals surface area contributed by atoms with Crippen LogP contribution in [0.5, 0.6) is 0 Å². The molecule has 0 fully saturated rings. The van der Waals surface area contributed by atoms with Gasteiger partial charge in [-0.3, -0.25) is 14.6 Å². The molecule has 0 aliphatic heterocycles. The normalized spacial score (nSPS) is 11.1. The molecule has 0 amide bonds. The van der Waals surface area contributed by atoms with Crippen LogP contribution in [0.2, 0.25) is 0 Å². The maximum absolute atomic E-state index is 11.7. The molecule has 3 nitrogen and oxygen atoms in total. The van der Waals surface area contributed by atoms with E-state index in [2.05, 4.69) is 25.9 Å². The average Bonchev–Trinajstić information content (AvgIpc) is 2.60. The zero-order chi connectivity index (χ0) is 12.4. The summed E-state index contributed by atoms with van der Waals surface area (Å²) in [7, 11) is 0. The second-order valence-electron chi connectivity index (χ2n) is 4.88. The van der Waals surface area contributed by atoms with Crippen LogP contribution >= 0.6 is 0 Å². The van der Waals surface area contributed by atoms with Crippen molar-refractivity contribution in [1.82, 2.24) is 9.78 Å². The SMILES string of the molecule is Cc1ccc(-c2cc(=O)n(CC(C)C)[nH]2)cc1. The Morgan fingerprint density at radius 2 is 1.88 bits per heavy atom. The summed E-state index contributed by atoms with van der Waals surface area (Å²) >= 11 is 0. The molecule has 0 saturated carbocycles. The van der Waals surface area contributed by atoms with Crippen LogP contribution in [0.3, 0.4) is 0 Å². The molecule has 0 saturated heterocycles. The van der Waals surface area contributed by atoms with E-state index in [1.807, 2.05) is 24.3 Å². The number of rotatable bonds is 3. The quantitative estimate of drug-likeness (QED) is 0.865. The Morgan fingerprint density at radius 3 is 2.47 bits per heavy atom. The summed E-state index contributed by atoms with van der Waals surface area (Å²) in [5.74, 6) is 0.456. The second kappa shape index (κ2) is 4.62. The van der Waals surface area contributed by atoms with Crippen LogP contribution < -0.4 is 5.56 Å². The monoisotopic (exact) mass is 230 g/mol. The van der Waals surface area contributed by atoms with Crippen LogP contribution in [0.25, 0.3) is 11.3 Å². The molecule has 1 aromatic carbocycles. The maximum Gasteiger partial charge on any atom is 0.267 e. The van der Waals surface area contributed by atoms with Crippen LogP contribution in [0.1, 0.15) is 19.4 Å². The second-order valence-corrected chi connectivity index (χ2v) is 4.88. The largest absolute Gasteiger partial charge is 0.295 e. The van der Waals surface area contributed by atoms with Crippen molar-refractivity contribution in [3.05, 3.63) is 46.2 Å². The Bertz CT molecular complexity index is 546. The highest BCUT2D eigenvalue weighted by Gasteiger charge is 2.06. The molecular weight excluding hydrogens is 212 g/mol. The topological polar surface area (TPSA) is 37.8 Å². The molecule has 0 spiro atoms. The van der Waals surface area contributed by atoms with Crippen molar-refractivity contribution >= 4 is 0 Å². The minimum atomic E-state index is 0.0364. The number of benzene rings is 1. The number of hydrogen-bond acceptors (Lipinski definition) is 1. The van der Waals surface area contributed by atoms with Crippen LogP contribution in [-0.4, -0.2) is 9.78 Å². The highest BCUT2D eigenvalue weighted by Crippen LogP contribution is 2.15. The summed E-state index contributed by atoms with van der Waals surface area (Å²) in [4.78, 5) is 11.7. The van der Waals surface area contributed by atoms with E-state index < -0.39 is 0 Å². The van der Waals surface area contributed by atoms with Crippen molar-refractivity contribution < 1.29 is 0 Å². The van der Waals surface area contributed by atoms with Gasteiger partial charge in [-0.2, -0.15) is 0 Å². The lowest BCUT2D eigenvalue weighted by molar-refractivity contribution is 0.474. The van der Waals surface area contributed by atoms with Crippen LogP contribution in [-0.2, 0) is 6.54 Å². The number of nitrogens with zero attached hydrogens (tertiary/aromatic N) is 1. The van der Waals surface area contributed by atoms with E-state index in [-0.39, 0.29) is 5.56 Å². The van der Waals surface area contributed by atoms with E-state index in [9.17, 15) is 4.79 Å². The first-order valence-corrected chi connectivity index (χ1v) is 5.93. The Balaban J connectivity index is 2.34. The molecule has 17 heavy (non-hydrogen) atoms.